The number of rotatable bonds is 4. The van der Waals surface area contributed by atoms with Gasteiger partial charge in [-0.15, -0.1) is 16.4 Å². The highest BCUT2D eigenvalue weighted by atomic mass is 32.1. The molecule has 2 aromatic carbocycles. The molecule has 1 aliphatic heterocycles. The summed E-state index contributed by atoms with van der Waals surface area (Å²) in [5, 5.41) is 16.2. The van der Waals surface area contributed by atoms with E-state index in [1.165, 1.54) is 11.3 Å². The van der Waals surface area contributed by atoms with E-state index in [1.54, 1.807) is 6.20 Å². The van der Waals surface area contributed by atoms with E-state index in [1.807, 2.05) is 60.0 Å². The standard InChI is InChI=1S/C20H14N6O2S/c27-17-16(24-20-26-25-18(28-20)19-21-10-11-29-19)23-15(12-6-2-1-3-7-12)13-8-4-5-9-14(13)22-17/h1-11,16H,(H,22,27)(H,24,26). The molecular weight excluding hydrogens is 388 g/mol. The van der Waals surface area contributed by atoms with Crippen LogP contribution in [0.5, 0.6) is 0 Å². The summed E-state index contributed by atoms with van der Waals surface area (Å²) >= 11 is 1.39. The molecule has 4 aromatic rings. The van der Waals surface area contributed by atoms with Gasteiger partial charge in [0.15, 0.2) is 5.01 Å². The van der Waals surface area contributed by atoms with E-state index >= 15 is 0 Å². The molecule has 0 radical (unpaired) electrons. The summed E-state index contributed by atoms with van der Waals surface area (Å²) in [5.74, 6) is -0.0375. The lowest BCUT2D eigenvalue weighted by Crippen LogP contribution is -2.32. The fourth-order valence-electron chi connectivity index (χ4n) is 2.99. The number of fused-ring (bicyclic) bond motifs is 1. The lowest BCUT2D eigenvalue weighted by atomic mass is 10.0. The maximum atomic E-state index is 12.8. The molecule has 1 amide bonds. The number of hydrogen-bond acceptors (Lipinski definition) is 8. The molecule has 29 heavy (non-hydrogen) atoms. The Hall–Kier alpha value is -3.85. The van der Waals surface area contributed by atoms with Gasteiger partial charge in [0.25, 0.3) is 11.8 Å². The van der Waals surface area contributed by atoms with Crippen LogP contribution in [-0.2, 0) is 4.79 Å². The zero-order valence-corrected chi connectivity index (χ0v) is 15.8. The average molecular weight is 402 g/mol. The van der Waals surface area contributed by atoms with Gasteiger partial charge in [-0.1, -0.05) is 53.6 Å². The van der Waals surface area contributed by atoms with Crippen LogP contribution in [0.25, 0.3) is 10.9 Å². The number of benzodiazepines with no additional fused rings is 1. The van der Waals surface area contributed by atoms with Crippen molar-refractivity contribution in [2.24, 2.45) is 4.99 Å². The van der Waals surface area contributed by atoms with E-state index in [4.69, 9.17) is 4.42 Å². The Morgan fingerprint density at radius 1 is 1.03 bits per heavy atom. The van der Waals surface area contributed by atoms with Crippen LogP contribution in [-0.4, -0.2) is 33.0 Å². The van der Waals surface area contributed by atoms with Crippen LogP contribution >= 0.6 is 11.3 Å². The van der Waals surface area contributed by atoms with Gasteiger partial charge in [-0.3, -0.25) is 4.79 Å². The van der Waals surface area contributed by atoms with Crippen molar-refractivity contribution in [3.63, 3.8) is 0 Å². The van der Waals surface area contributed by atoms with Crippen molar-refractivity contribution in [1.29, 1.82) is 0 Å². The molecule has 3 heterocycles. The van der Waals surface area contributed by atoms with E-state index < -0.39 is 6.17 Å². The Morgan fingerprint density at radius 2 is 1.86 bits per heavy atom. The summed E-state index contributed by atoms with van der Waals surface area (Å²) < 4.78 is 5.60. The maximum absolute atomic E-state index is 12.8. The van der Waals surface area contributed by atoms with Crippen molar-refractivity contribution in [3.05, 3.63) is 77.3 Å². The highest BCUT2D eigenvalue weighted by Gasteiger charge is 2.27. The van der Waals surface area contributed by atoms with Crippen molar-refractivity contribution in [1.82, 2.24) is 15.2 Å². The quantitative estimate of drug-likeness (QED) is 0.542. The van der Waals surface area contributed by atoms with Gasteiger partial charge < -0.3 is 15.1 Å². The maximum Gasteiger partial charge on any atom is 0.317 e. The number of benzene rings is 2. The van der Waals surface area contributed by atoms with Crippen molar-refractivity contribution in [3.8, 4) is 10.9 Å². The van der Waals surface area contributed by atoms with Gasteiger partial charge >= 0.3 is 6.01 Å². The highest BCUT2D eigenvalue weighted by Crippen LogP contribution is 2.26. The van der Waals surface area contributed by atoms with Crippen molar-refractivity contribution in [2.45, 2.75) is 6.17 Å². The molecule has 8 nitrogen and oxygen atoms in total. The predicted octanol–water partition coefficient (Wildman–Crippen LogP) is 3.42. The molecule has 9 heteroatoms. The Kier molecular flexibility index (Phi) is 4.34. The Balaban J connectivity index is 1.52. The smallest absolute Gasteiger partial charge is 0.317 e. The molecule has 2 N–H and O–H groups in total. The van der Waals surface area contributed by atoms with Gasteiger partial charge in [0.05, 0.1) is 11.4 Å². The number of carbonyl (C=O) groups is 1. The van der Waals surface area contributed by atoms with Gasteiger partial charge in [-0.05, 0) is 6.07 Å². The van der Waals surface area contributed by atoms with Crippen LogP contribution in [0.1, 0.15) is 11.1 Å². The zero-order chi connectivity index (χ0) is 19.6. The summed E-state index contributed by atoms with van der Waals surface area (Å²) in [6, 6.07) is 17.4. The fourth-order valence-corrected chi connectivity index (χ4v) is 3.55. The molecule has 0 fully saturated rings. The third-order valence-electron chi connectivity index (χ3n) is 4.29. The average Bonchev–Trinajstić information content (AvgIpc) is 3.42. The minimum atomic E-state index is -0.942. The molecule has 5 rings (SSSR count). The molecule has 0 aliphatic carbocycles. The van der Waals surface area contributed by atoms with Crippen LogP contribution in [0.15, 0.2) is 75.6 Å². The monoisotopic (exact) mass is 402 g/mol. The number of aliphatic imine (C=N–C) groups is 1. The first-order valence-corrected chi connectivity index (χ1v) is 9.69. The van der Waals surface area contributed by atoms with Gasteiger partial charge in [0, 0.05) is 22.7 Å². The number of hydrogen-bond donors (Lipinski definition) is 2. The van der Waals surface area contributed by atoms with Crippen LogP contribution < -0.4 is 10.6 Å². The third kappa shape index (κ3) is 3.39. The second kappa shape index (κ2) is 7.28. The number of para-hydroxylation sites is 1. The van der Waals surface area contributed by atoms with Gasteiger partial charge in [0.1, 0.15) is 0 Å². The number of nitrogens with zero attached hydrogens (tertiary/aromatic N) is 4. The van der Waals surface area contributed by atoms with Crippen LogP contribution in [0, 0.1) is 0 Å². The lowest BCUT2D eigenvalue weighted by molar-refractivity contribution is -0.116. The first kappa shape index (κ1) is 17.3. The van der Waals surface area contributed by atoms with E-state index in [9.17, 15) is 4.79 Å². The van der Waals surface area contributed by atoms with Crippen LogP contribution in [0.2, 0.25) is 0 Å². The Labute approximate surface area is 169 Å². The highest BCUT2D eigenvalue weighted by molar-refractivity contribution is 7.12. The second-order valence-electron chi connectivity index (χ2n) is 6.18. The molecule has 0 bridgehead atoms. The lowest BCUT2D eigenvalue weighted by Gasteiger charge is -2.11. The van der Waals surface area contributed by atoms with E-state index in [-0.39, 0.29) is 17.8 Å². The summed E-state index contributed by atoms with van der Waals surface area (Å²) in [5.41, 5.74) is 3.12. The van der Waals surface area contributed by atoms with Crippen LogP contribution in [0.4, 0.5) is 11.7 Å². The van der Waals surface area contributed by atoms with Crippen molar-refractivity contribution in [2.75, 3.05) is 10.6 Å². The fraction of sp³-hybridized carbons (Fsp3) is 0.0500. The number of carbonyl (C=O) groups excluding carboxylic acids is 1. The van der Waals surface area contributed by atoms with Crippen molar-refractivity contribution >= 4 is 34.7 Å². The molecule has 0 saturated heterocycles. The molecule has 2 aromatic heterocycles. The summed E-state index contributed by atoms with van der Waals surface area (Å²) in [6.45, 7) is 0. The van der Waals surface area contributed by atoms with E-state index in [0.717, 1.165) is 11.1 Å². The molecule has 0 spiro atoms. The molecule has 1 aliphatic rings. The SMILES string of the molecule is O=C1Nc2ccccc2C(c2ccccc2)=NC1Nc1nnc(-c2nccs2)o1. The summed E-state index contributed by atoms with van der Waals surface area (Å²) in [6.07, 6.45) is 0.714. The van der Waals surface area contributed by atoms with Crippen LogP contribution in [0.3, 0.4) is 0 Å². The predicted molar refractivity (Wildman–Crippen MR) is 110 cm³/mol. The number of nitrogens with one attached hydrogen (secondary N) is 2. The largest absolute Gasteiger partial charge is 0.401 e. The topological polar surface area (TPSA) is 105 Å². The first-order chi connectivity index (χ1) is 14.3. The normalized spacial score (nSPS) is 15.8. The number of amides is 1. The van der Waals surface area contributed by atoms with E-state index in [2.05, 4.69) is 30.8 Å². The second-order valence-corrected chi connectivity index (χ2v) is 7.07. The minimum Gasteiger partial charge on any atom is -0.401 e. The van der Waals surface area contributed by atoms with E-state index in [0.29, 0.717) is 16.4 Å². The molecular formula is C20H14N6O2S. The molecule has 1 atom stereocenters. The van der Waals surface area contributed by atoms with Crippen molar-refractivity contribution < 1.29 is 9.21 Å². The Morgan fingerprint density at radius 3 is 2.69 bits per heavy atom. The molecule has 0 saturated carbocycles. The molecule has 1 unspecified atom stereocenters. The van der Waals surface area contributed by atoms with Gasteiger partial charge in [-0.25, -0.2) is 9.98 Å². The zero-order valence-electron chi connectivity index (χ0n) is 14.9. The number of thiazole rings is 1. The first-order valence-electron chi connectivity index (χ1n) is 8.81. The summed E-state index contributed by atoms with van der Waals surface area (Å²) in [7, 11) is 0. The molecule has 142 valence electrons. The minimum absolute atomic E-state index is 0.0949. The summed E-state index contributed by atoms with van der Waals surface area (Å²) in [4.78, 5) is 21.6. The number of anilines is 2. The van der Waals surface area contributed by atoms with Gasteiger partial charge in [0.2, 0.25) is 6.17 Å². The Bertz CT molecular complexity index is 1190. The number of aromatic nitrogens is 3. The van der Waals surface area contributed by atoms with Gasteiger partial charge in [-0.2, -0.15) is 0 Å². The third-order valence-corrected chi connectivity index (χ3v) is 5.06.